The summed E-state index contributed by atoms with van der Waals surface area (Å²) in [7, 11) is 0. The first-order valence-electron chi connectivity index (χ1n) is 3.53. The van der Waals surface area contributed by atoms with Gasteiger partial charge in [0.2, 0.25) is 5.69 Å². The quantitative estimate of drug-likeness (QED) is 0.468. The summed E-state index contributed by atoms with van der Waals surface area (Å²) in [6.45, 7) is 3.16. The van der Waals surface area contributed by atoms with Gasteiger partial charge in [0.05, 0.1) is 0 Å². The van der Waals surface area contributed by atoms with Crippen molar-refractivity contribution in [1.29, 1.82) is 0 Å². The van der Waals surface area contributed by atoms with Crippen LogP contribution in [0.1, 0.15) is 11.3 Å². The molecule has 0 spiro atoms. The minimum Gasteiger partial charge on any atom is -0.195 e. The van der Waals surface area contributed by atoms with Crippen LogP contribution in [0.15, 0.2) is 24.4 Å². The zero-order valence-electron chi connectivity index (χ0n) is 6.04. The molecule has 1 aromatic heterocycles. The van der Waals surface area contributed by atoms with Gasteiger partial charge in [-0.05, 0) is 18.6 Å². The molecule has 0 N–H and O–H groups in total. The summed E-state index contributed by atoms with van der Waals surface area (Å²) in [5, 5.41) is 0. The third-order valence-electron chi connectivity index (χ3n) is 1.82. The average molecular weight is 132 g/mol. The summed E-state index contributed by atoms with van der Waals surface area (Å²) < 4.78 is 2.23. The van der Waals surface area contributed by atoms with Crippen LogP contribution in [0.2, 0.25) is 0 Å². The second-order valence-corrected chi connectivity index (χ2v) is 2.68. The number of hydrogen-bond donors (Lipinski definition) is 0. The number of fused-ring (bicyclic) bond motifs is 1. The fourth-order valence-electron chi connectivity index (χ4n) is 1.26. The summed E-state index contributed by atoms with van der Waals surface area (Å²) in [4.78, 5) is 0. The molecule has 1 aliphatic heterocycles. The number of hydrogen-bond acceptors (Lipinski definition) is 0. The van der Waals surface area contributed by atoms with Crippen molar-refractivity contribution < 1.29 is 4.57 Å². The predicted molar refractivity (Wildman–Crippen MR) is 40.4 cm³/mol. The summed E-state index contributed by atoms with van der Waals surface area (Å²) >= 11 is 0. The highest BCUT2D eigenvalue weighted by Gasteiger charge is 2.10. The normalized spacial score (nSPS) is 13.7. The van der Waals surface area contributed by atoms with E-state index >= 15 is 0 Å². The summed E-state index contributed by atoms with van der Waals surface area (Å²) in [6, 6.07) is 4.33. The fraction of sp³-hybridized carbons (Fsp3) is 0.222. The maximum absolute atomic E-state index is 2.23. The molecule has 0 fully saturated rings. The van der Waals surface area contributed by atoms with Crippen LogP contribution in [0.4, 0.5) is 0 Å². The molecule has 10 heavy (non-hydrogen) atoms. The number of aromatic nitrogens is 1. The van der Waals surface area contributed by atoms with Crippen molar-refractivity contribution in [2.45, 2.75) is 13.5 Å². The average Bonchev–Trinajstić information content (AvgIpc) is 2.33. The van der Waals surface area contributed by atoms with Crippen molar-refractivity contribution in [2.75, 3.05) is 0 Å². The van der Waals surface area contributed by atoms with Gasteiger partial charge in [0.1, 0.15) is 0 Å². The van der Waals surface area contributed by atoms with E-state index in [9.17, 15) is 0 Å². The Balaban J connectivity index is 2.60. The number of pyridine rings is 1. The molecule has 0 saturated heterocycles. The Morgan fingerprint density at radius 3 is 3.30 bits per heavy atom. The Labute approximate surface area is 60.6 Å². The van der Waals surface area contributed by atoms with Crippen molar-refractivity contribution in [3.8, 4) is 0 Å². The molecule has 1 aromatic rings. The smallest absolute Gasteiger partial charge is 0.195 e. The van der Waals surface area contributed by atoms with Gasteiger partial charge in [-0.1, -0.05) is 0 Å². The van der Waals surface area contributed by atoms with Gasteiger partial charge in [-0.3, -0.25) is 0 Å². The SMILES string of the molecule is Cc1cc[n+]2c(c1)C=CC2. The highest BCUT2D eigenvalue weighted by molar-refractivity contribution is 5.43. The maximum Gasteiger partial charge on any atom is 0.205 e. The highest BCUT2D eigenvalue weighted by Crippen LogP contribution is 2.04. The van der Waals surface area contributed by atoms with Crippen molar-refractivity contribution in [1.82, 2.24) is 0 Å². The minimum atomic E-state index is 1.04. The van der Waals surface area contributed by atoms with E-state index in [2.05, 4.69) is 42.0 Å². The molecule has 0 bridgehead atoms. The van der Waals surface area contributed by atoms with E-state index in [1.54, 1.807) is 0 Å². The van der Waals surface area contributed by atoms with Gasteiger partial charge in [-0.2, -0.15) is 4.57 Å². The van der Waals surface area contributed by atoms with E-state index < -0.39 is 0 Å². The standard InChI is InChI=1S/C9H10N/c1-8-4-6-10-5-2-3-9(10)7-8/h2-4,6-7H,5H2,1H3/q+1. The molecule has 0 aliphatic carbocycles. The maximum atomic E-state index is 2.23. The molecule has 0 atom stereocenters. The van der Waals surface area contributed by atoms with Gasteiger partial charge < -0.3 is 0 Å². The summed E-state index contributed by atoms with van der Waals surface area (Å²) in [5.74, 6) is 0. The van der Waals surface area contributed by atoms with Crippen LogP contribution >= 0.6 is 0 Å². The summed E-state index contributed by atoms with van der Waals surface area (Å²) in [6.07, 6.45) is 6.46. The van der Waals surface area contributed by atoms with Gasteiger partial charge in [0.15, 0.2) is 12.7 Å². The molecular formula is C9H10N+. The molecule has 1 heteroatoms. The Morgan fingerprint density at radius 2 is 2.40 bits per heavy atom. The zero-order chi connectivity index (χ0) is 6.97. The molecule has 0 saturated carbocycles. The Morgan fingerprint density at radius 1 is 1.50 bits per heavy atom. The molecule has 1 nitrogen and oxygen atoms in total. The largest absolute Gasteiger partial charge is 0.205 e. The molecule has 1 aliphatic rings. The molecule has 0 unspecified atom stereocenters. The van der Waals surface area contributed by atoms with E-state index in [1.807, 2.05) is 0 Å². The van der Waals surface area contributed by atoms with Crippen molar-refractivity contribution in [3.05, 3.63) is 35.7 Å². The Hall–Kier alpha value is -1.11. The molecule has 0 amide bonds. The topological polar surface area (TPSA) is 3.88 Å². The van der Waals surface area contributed by atoms with E-state index in [0.717, 1.165) is 6.54 Å². The van der Waals surface area contributed by atoms with E-state index in [4.69, 9.17) is 0 Å². The molecule has 0 aromatic carbocycles. The van der Waals surface area contributed by atoms with Crippen molar-refractivity contribution in [3.63, 3.8) is 0 Å². The molecule has 0 radical (unpaired) electrons. The van der Waals surface area contributed by atoms with Crippen LogP contribution in [0.5, 0.6) is 0 Å². The molecule has 2 heterocycles. The van der Waals surface area contributed by atoms with Crippen LogP contribution < -0.4 is 4.57 Å². The fourth-order valence-corrected chi connectivity index (χ4v) is 1.26. The highest BCUT2D eigenvalue weighted by atomic mass is 15.0. The minimum absolute atomic E-state index is 1.04. The number of allylic oxidation sites excluding steroid dienone is 1. The lowest BCUT2D eigenvalue weighted by atomic mass is 10.2. The van der Waals surface area contributed by atoms with Crippen LogP contribution in [0.3, 0.4) is 0 Å². The first-order valence-corrected chi connectivity index (χ1v) is 3.53. The monoisotopic (exact) mass is 132 g/mol. The van der Waals surface area contributed by atoms with Crippen LogP contribution in [0, 0.1) is 6.92 Å². The van der Waals surface area contributed by atoms with Gasteiger partial charge in [-0.25, -0.2) is 0 Å². The van der Waals surface area contributed by atoms with Gasteiger partial charge in [0, 0.05) is 18.2 Å². The van der Waals surface area contributed by atoms with Gasteiger partial charge in [0.25, 0.3) is 0 Å². The third-order valence-corrected chi connectivity index (χ3v) is 1.82. The van der Waals surface area contributed by atoms with Crippen LogP contribution in [-0.2, 0) is 6.54 Å². The third kappa shape index (κ3) is 0.747. The van der Waals surface area contributed by atoms with Crippen molar-refractivity contribution in [2.24, 2.45) is 0 Å². The summed E-state index contributed by atoms with van der Waals surface area (Å²) in [5.41, 5.74) is 2.65. The zero-order valence-corrected chi connectivity index (χ0v) is 6.04. The van der Waals surface area contributed by atoms with Crippen LogP contribution in [-0.4, -0.2) is 0 Å². The lowest BCUT2D eigenvalue weighted by Crippen LogP contribution is -2.32. The number of nitrogens with zero attached hydrogens (tertiary/aromatic N) is 1. The van der Waals surface area contributed by atoms with Crippen molar-refractivity contribution >= 4 is 6.08 Å². The van der Waals surface area contributed by atoms with Gasteiger partial charge in [-0.15, -0.1) is 0 Å². The number of aryl methyl sites for hydroxylation is 1. The van der Waals surface area contributed by atoms with Crippen LogP contribution in [0.25, 0.3) is 6.08 Å². The molecular weight excluding hydrogens is 122 g/mol. The first-order chi connectivity index (χ1) is 4.86. The second kappa shape index (κ2) is 1.94. The number of rotatable bonds is 0. The van der Waals surface area contributed by atoms with E-state index in [-0.39, 0.29) is 0 Å². The van der Waals surface area contributed by atoms with E-state index in [0.29, 0.717) is 0 Å². The lowest BCUT2D eigenvalue weighted by molar-refractivity contribution is -0.684. The molecule has 2 rings (SSSR count). The van der Waals surface area contributed by atoms with Gasteiger partial charge >= 0.3 is 0 Å². The second-order valence-electron chi connectivity index (χ2n) is 2.68. The predicted octanol–water partition coefficient (Wildman–Crippen LogP) is 1.31. The Kier molecular flexibility index (Phi) is 1.10. The Bertz CT molecular complexity index is 287. The first kappa shape index (κ1) is 5.66. The lowest BCUT2D eigenvalue weighted by Gasteiger charge is -1.92. The van der Waals surface area contributed by atoms with E-state index in [1.165, 1.54) is 11.3 Å². The molecule has 50 valence electrons.